The van der Waals surface area contributed by atoms with Gasteiger partial charge in [-0.25, -0.2) is 8.42 Å². The van der Waals surface area contributed by atoms with Crippen molar-refractivity contribution in [3.8, 4) is 0 Å². The van der Waals surface area contributed by atoms with Gasteiger partial charge in [0, 0.05) is 19.0 Å². The van der Waals surface area contributed by atoms with Crippen molar-refractivity contribution in [1.29, 1.82) is 0 Å². The van der Waals surface area contributed by atoms with Crippen molar-refractivity contribution in [3.63, 3.8) is 0 Å². The van der Waals surface area contributed by atoms with E-state index in [1.807, 2.05) is 68.4 Å². The molecule has 1 fully saturated rings. The van der Waals surface area contributed by atoms with Crippen LogP contribution < -0.4 is 9.62 Å². The van der Waals surface area contributed by atoms with Gasteiger partial charge in [0.1, 0.15) is 12.6 Å². The van der Waals surface area contributed by atoms with Gasteiger partial charge < -0.3 is 10.2 Å². The normalized spacial score (nSPS) is 14.3. The molecule has 1 saturated carbocycles. The summed E-state index contributed by atoms with van der Waals surface area (Å²) in [5.41, 5.74) is 3.84. The SMILES string of the molecule is Cc1ccc(S(=O)(=O)N(CC(=O)N(Cc2cccc(C)c2)[C@H](Cc2ccccc2)C(=O)NC2CCCCC2)c2ccccc2Cl)cc1. The maximum Gasteiger partial charge on any atom is 0.264 e. The van der Waals surface area contributed by atoms with Gasteiger partial charge in [-0.1, -0.05) is 121 Å². The maximum absolute atomic E-state index is 14.7. The number of para-hydroxylation sites is 1. The summed E-state index contributed by atoms with van der Waals surface area (Å²) < 4.78 is 29.5. The van der Waals surface area contributed by atoms with Crippen molar-refractivity contribution in [3.05, 3.63) is 130 Å². The Labute approximate surface area is 283 Å². The first-order valence-corrected chi connectivity index (χ1v) is 18.0. The van der Waals surface area contributed by atoms with Crippen LogP contribution >= 0.6 is 11.6 Å². The highest BCUT2D eigenvalue weighted by atomic mass is 35.5. The Kier molecular flexibility index (Phi) is 11.4. The summed E-state index contributed by atoms with van der Waals surface area (Å²) in [5, 5.41) is 3.43. The number of aryl methyl sites for hydroxylation is 2. The molecule has 246 valence electrons. The number of sulfonamides is 1. The van der Waals surface area contributed by atoms with E-state index in [4.69, 9.17) is 11.6 Å². The highest BCUT2D eigenvalue weighted by Gasteiger charge is 2.36. The van der Waals surface area contributed by atoms with Gasteiger partial charge in [-0.3, -0.25) is 13.9 Å². The molecule has 1 aliphatic rings. The average Bonchev–Trinajstić information content (AvgIpc) is 3.06. The number of anilines is 1. The van der Waals surface area contributed by atoms with Crippen molar-refractivity contribution < 1.29 is 18.0 Å². The first-order valence-electron chi connectivity index (χ1n) is 16.1. The fourth-order valence-electron chi connectivity index (χ4n) is 6.11. The van der Waals surface area contributed by atoms with Gasteiger partial charge in [0.2, 0.25) is 11.8 Å². The van der Waals surface area contributed by atoms with Crippen LogP contribution in [-0.2, 0) is 32.6 Å². The van der Waals surface area contributed by atoms with Crippen LogP contribution in [0.2, 0.25) is 5.02 Å². The van der Waals surface area contributed by atoms with Crippen molar-refractivity contribution >= 4 is 39.1 Å². The number of nitrogens with one attached hydrogen (secondary N) is 1. The molecule has 7 nitrogen and oxygen atoms in total. The lowest BCUT2D eigenvalue weighted by Gasteiger charge is -2.35. The monoisotopic (exact) mass is 671 g/mol. The molecular formula is C38H42ClN3O4S. The Morgan fingerprint density at radius 3 is 2.15 bits per heavy atom. The molecule has 0 radical (unpaired) electrons. The molecular weight excluding hydrogens is 630 g/mol. The first-order chi connectivity index (χ1) is 22.6. The van der Waals surface area contributed by atoms with E-state index >= 15 is 0 Å². The van der Waals surface area contributed by atoms with Crippen LogP contribution in [0.1, 0.15) is 54.4 Å². The van der Waals surface area contributed by atoms with Gasteiger partial charge in [0.15, 0.2) is 0 Å². The smallest absolute Gasteiger partial charge is 0.264 e. The van der Waals surface area contributed by atoms with E-state index in [0.29, 0.717) is 0 Å². The van der Waals surface area contributed by atoms with Crippen LogP contribution in [-0.4, -0.2) is 43.8 Å². The Balaban J connectivity index is 1.57. The molecule has 0 bridgehead atoms. The summed E-state index contributed by atoms with van der Waals surface area (Å²) >= 11 is 6.58. The van der Waals surface area contributed by atoms with E-state index in [2.05, 4.69) is 5.32 Å². The Hall–Kier alpha value is -4.14. The maximum atomic E-state index is 14.7. The van der Waals surface area contributed by atoms with Gasteiger partial charge in [-0.05, 0) is 62.1 Å². The van der Waals surface area contributed by atoms with E-state index < -0.39 is 28.5 Å². The summed E-state index contributed by atoms with van der Waals surface area (Å²) in [6.07, 6.45) is 5.29. The Bertz CT molecular complexity index is 1770. The van der Waals surface area contributed by atoms with E-state index in [9.17, 15) is 18.0 Å². The zero-order chi connectivity index (χ0) is 33.4. The Morgan fingerprint density at radius 1 is 0.809 bits per heavy atom. The second-order valence-corrected chi connectivity index (χ2v) is 14.6. The molecule has 1 aliphatic carbocycles. The van der Waals surface area contributed by atoms with Crippen molar-refractivity contribution in [2.24, 2.45) is 0 Å². The van der Waals surface area contributed by atoms with Gasteiger partial charge in [-0.2, -0.15) is 0 Å². The average molecular weight is 672 g/mol. The summed E-state index contributed by atoms with van der Waals surface area (Å²) in [4.78, 5) is 30.5. The molecule has 9 heteroatoms. The quantitative estimate of drug-likeness (QED) is 0.172. The van der Waals surface area contributed by atoms with Crippen LogP contribution in [0.3, 0.4) is 0 Å². The second-order valence-electron chi connectivity index (χ2n) is 12.3. The number of benzene rings is 4. The lowest BCUT2D eigenvalue weighted by Crippen LogP contribution is -2.55. The van der Waals surface area contributed by atoms with Gasteiger partial charge in [0.05, 0.1) is 15.6 Å². The minimum atomic E-state index is -4.23. The number of hydrogen-bond donors (Lipinski definition) is 1. The molecule has 0 saturated heterocycles. The van der Waals surface area contributed by atoms with Crippen LogP contribution in [0.4, 0.5) is 5.69 Å². The molecule has 0 aliphatic heterocycles. The number of halogens is 1. The summed E-state index contributed by atoms with van der Waals surface area (Å²) in [6, 6.07) is 29.6. The van der Waals surface area contributed by atoms with Crippen LogP contribution in [0.15, 0.2) is 108 Å². The van der Waals surface area contributed by atoms with Crippen LogP contribution in [0.25, 0.3) is 0 Å². The second kappa shape index (κ2) is 15.6. The largest absolute Gasteiger partial charge is 0.352 e. The van der Waals surface area contributed by atoms with Gasteiger partial charge >= 0.3 is 0 Å². The fourth-order valence-corrected chi connectivity index (χ4v) is 7.83. The number of nitrogens with zero attached hydrogens (tertiary/aromatic N) is 2. The molecule has 4 aromatic rings. The van der Waals surface area contributed by atoms with E-state index in [0.717, 1.165) is 58.7 Å². The molecule has 4 aromatic carbocycles. The topological polar surface area (TPSA) is 86.8 Å². The molecule has 1 N–H and O–H groups in total. The number of carbonyl (C=O) groups is 2. The molecule has 2 amide bonds. The zero-order valence-corrected chi connectivity index (χ0v) is 28.5. The van der Waals surface area contributed by atoms with Gasteiger partial charge in [-0.15, -0.1) is 0 Å². The third-order valence-electron chi connectivity index (χ3n) is 8.67. The molecule has 0 unspecified atom stereocenters. The minimum Gasteiger partial charge on any atom is -0.352 e. The van der Waals surface area contributed by atoms with Crippen LogP contribution in [0.5, 0.6) is 0 Å². The lowest BCUT2D eigenvalue weighted by molar-refractivity contribution is -0.140. The van der Waals surface area contributed by atoms with E-state index in [1.54, 1.807) is 36.4 Å². The number of amides is 2. The number of rotatable bonds is 12. The van der Waals surface area contributed by atoms with E-state index in [1.165, 1.54) is 17.0 Å². The van der Waals surface area contributed by atoms with Crippen molar-refractivity contribution in [2.45, 2.75) is 75.9 Å². The van der Waals surface area contributed by atoms with Crippen LogP contribution in [0, 0.1) is 13.8 Å². The highest BCUT2D eigenvalue weighted by Crippen LogP contribution is 2.31. The van der Waals surface area contributed by atoms with Gasteiger partial charge in [0.25, 0.3) is 10.0 Å². The molecule has 0 aromatic heterocycles. The lowest BCUT2D eigenvalue weighted by atomic mass is 9.94. The number of hydrogen-bond acceptors (Lipinski definition) is 4. The molecule has 47 heavy (non-hydrogen) atoms. The third-order valence-corrected chi connectivity index (χ3v) is 10.8. The van der Waals surface area contributed by atoms with E-state index in [-0.39, 0.29) is 40.5 Å². The Morgan fingerprint density at radius 2 is 1.47 bits per heavy atom. The predicted molar refractivity (Wildman–Crippen MR) is 188 cm³/mol. The molecule has 0 heterocycles. The zero-order valence-electron chi connectivity index (χ0n) is 26.9. The first kappa shape index (κ1) is 34.2. The fraction of sp³-hybridized carbons (Fsp3) is 0.316. The van der Waals surface area contributed by atoms with Crippen molar-refractivity contribution in [2.75, 3.05) is 10.8 Å². The molecule has 5 rings (SSSR count). The molecule has 0 spiro atoms. The summed E-state index contributed by atoms with van der Waals surface area (Å²) in [7, 11) is -4.23. The standard InChI is InChI=1S/C38H42ClN3O4S/c1-28-20-22-33(23-21-28)47(45,46)42(35-19-10-9-18-34(35)39)27-37(43)41(26-31-15-11-12-29(2)24-31)36(25-30-13-5-3-6-14-30)38(44)40-32-16-7-4-8-17-32/h3,5-6,9-15,18-24,32,36H,4,7-8,16-17,25-27H2,1-2H3,(H,40,44)/t36-/m1/s1. The minimum absolute atomic E-state index is 0.0342. The molecule has 1 atom stereocenters. The summed E-state index contributed by atoms with van der Waals surface area (Å²) in [5.74, 6) is -0.755. The highest BCUT2D eigenvalue weighted by molar-refractivity contribution is 7.92. The third kappa shape index (κ3) is 8.82. The summed E-state index contributed by atoms with van der Waals surface area (Å²) in [6.45, 7) is 3.42. The van der Waals surface area contributed by atoms with Crippen molar-refractivity contribution in [1.82, 2.24) is 10.2 Å². The number of carbonyl (C=O) groups excluding carboxylic acids is 2. The predicted octanol–water partition coefficient (Wildman–Crippen LogP) is 7.24.